The summed E-state index contributed by atoms with van der Waals surface area (Å²) >= 11 is 0. The van der Waals surface area contributed by atoms with Gasteiger partial charge < -0.3 is 29.4 Å². The molecule has 0 radical (unpaired) electrons. The van der Waals surface area contributed by atoms with E-state index in [-0.39, 0.29) is 17.7 Å². The Labute approximate surface area is 183 Å². The van der Waals surface area contributed by atoms with E-state index in [1.807, 2.05) is 0 Å². The average Bonchev–Trinajstić information content (AvgIpc) is 3.25. The fourth-order valence-corrected chi connectivity index (χ4v) is 4.10. The van der Waals surface area contributed by atoms with Crippen LogP contribution < -0.4 is 19.5 Å². The second-order valence-corrected chi connectivity index (χ2v) is 7.85. The van der Waals surface area contributed by atoms with Gasteiger partial charge >= 0.3 is 0 Å². The SMILES string of the molecule is CCCCCNC(=O)C1CCN(C(=O)c2cc3c(OC)cc(OC)c(OC)c3[nH]2)CC1. The van der Waals surface area contributed by atoms with Crippen molar-refractivity contribution in [1.82, 2.24) is 15.2 Å². The molecule has 31 heavy (non-hydrogen) atoms. The Morgan fingerprint density at radius 3 is 2.39 bits per heavy atom. The van der Waals surface area contributed by atoms with Gasteiger partial charge in [-0.1, -0.05) is 19.8 Å². The second-order valence-electron chi connectivity index (χ2n) is 7.85. The molecule has 2 aromatic rings. The number of piperidine rings is 1. The van der Waals surface area contributed by atoms with Gasteiger partial charge in [0.05, 0.1) is 26.8 Å². The highest BCUT2D eigenvalue weighted by atomic mass is 16.5. The van der Waals surface area contributed by atoms with Crippen LogP contribution in [0, 0.1) is 5.92 Å². The van der Waals surface area contributed by atoms with E-state index in [2.05, 4.69) is 17.2 Å². The van der Waals surface area contributed by atoms with Crippen molar-refractivity contribution in [2.75, 3.05) is 41.0 Å². The lowest BCUT2D eigenvalue weighted by Crippen LogP contribution is -2.43. The lowest BCUT2D eigenvalue weighted by Gasteiger charge is -2.31. The van der Waals surface area contributed by atoms with Crippen LogP contribution in [-0.4, -0.2) is 62.7 Å². The van der Waals surface area contributed by atoms with Crippen molar-refractivity contribution in [3.63, 3.8) is 0 Å². The number of carbonyl (C=O) groups excluding carboxylic acids is 2. The predicted molar refractivity (Wildman–Crippen MR) is 119 cm³/mol. The summed E-state index contributed by atoms with van der Waals surface area (Å²) in [7, 11) is 4.69. The number of hydrogen-bond donors (Lipinski definition) is 2. The first-order valence-electron chi connectivity index (χ1n) is 10.9. The molecule has 8 nitrogen and oxygen atoms in total. The zero-order valence-electron chi connectivity index (χ0n) is 18.9. The summed E-state index contributed by atoms with van der Waals surface area (Å²) in [4.78, 5) is 30.5. The quantitative estimate of drug-likeness (QED) is 0.594. The van der Waals surface area contributed by atoms with E-state index >= 15 is 0 Å². The number of unbranched alkanes of at least 4 members (excludes halogenated alkanes) is 2. The largest absolute Gasteiger partial charge is 0.496 e. The Balaban J connectivity index is 1.69. The molecule has 8 heteroatoms. The molecule has 1 aromatic heterocycles. The monoisotopic (exact) mass is 431 g/mol. The first-order chi connectivity index (χ1) is 15.0. The maximum atomic E-state index is 13.1. The average molecular weight is 432 g/mol. The normalized spacial score (nSPS) is 14.5. The molecule has 0 atom stereocenters. The summed E-state index contributed by atoms with van der Waals surface area (Å²) in [5.41, 5.74) is 1.12. The van der Waals surface area contributed by atoms with E-state index in [1.165, 1.54) is 0 Å². The molecule has 2 N–H and O–H groups in total. The molecule has 0 saturated carbocycles. The van der Waals surface area contributed by atoms with E-state index in [0.29, 0.717) is 54.4 Å². The van der Waals surface area contributed by atoms with Gasteiger partial charge in [-0.3, -0.25) is 9.59 Å². The highest BCUT2D eigenvalue weighted by Gasteiger charge is 2.29. The zero-order valence-corrected chi connectivity index (χ0v) is 18.9. The van der Waals surface area contributed by atoms with Gasteiger partial charge in [0.1, 0.15) is 11.4 Å². The number of ether oxygens (including phenoxy) is 3. The number of benzene rings is 1. The number of methoxy groups -OCH3 is 3. The van der Waals surface area contributed by atoms with E-state index in [1.54, 1.807) is 38.4 Å². The van der Waals surface area contributed by atoms with Crippen LogP contribution in [0.4, 0.5) is 0 Å². The fourth-order valence-electron chi connectivity index (χ4n) is 4.10. The highest BCUT2D eigenvalue weighted by Crippen LogP contribution is 2.41. The number of nitrogens with zero attached hydrogens (tertiary/aromatic N) is 1. The van der Waals surface area contributed by atoms with Crippen LogP contribution in [0.2, 0.25) is 0 Å². The van der Waals surface area contributed by atoms with E-state index < -0.39 is 0 Å². The molecule has 1 saturated heterocycles. The molecule has 0 unspecified atom stereocenters. The highest BCUT2D eigenvalue weighted by molar-refractivity contribution is 6.02. The van der Waals surface area contributed by atoms with Crippen molar-refractivity contribution in [3.05, 3.63) is 17.8 Å². The van der Waals surface area contributed by atoms with Gasteiger partial charge in [0.2, 0.25) is 5.91 Å². The van der Waals surface area contributed by atoms with E-state index in [4.69, 9.17) is 14.2 Å². The van der Waals surface area contributed by atoms with Crippen LogP contribution in [-0.2, 0) is 4.79 Å². The minimum absolute atomic E-state index is 0.0298. The van der Waals surface area contributed by atoms with Gasteiger partial charge in [-0.05, 0) is 25.3 Å². The number of H-pyrrole nitrogens is 1. The molecular weight excluding hydrogens is 398 g/mol. The molecule has 2 amide bonds. The molecular formula is C23H33N3O5. The predicted octanol–water partition coefficient (Wildman–Crippen LogP) is 3.35. The van der Waals surface area contributed by atoms with Crippen LogP contribution in [0.5, 0.6) is 17.2 Å². The fraction of sp³-hybridized carbons (Fsp3) is 0.565. The number of fused-ring (bicyclic) bond motifs is 1. The minimum Gasteiger partial charge on any atom is -0.496 e. The third-order valence-corrected chi connectivity index (χ3v) is 5.90. The van der Waals surface area contributed by atoms with Gasteiger partial charge in [0.15, 0.2) is 11.5 Å². The lowest BCUT2D eigenvalue weighted by atomic mass is 9.95. The van der Waals surface area contributed by atoms with Gasteiger partial charge in [-0.15, -0.1) is 0 Å². The van der Waals surface area contributed by atoms with Gasteiger partial charge in [-0.25, -0.2) is 0 Å². The minimum atomic E-state index is -0.0962. The molecule has 1 aliphatic rings. The third-order valence-electron chi connectivity index (χ3n) is 5.90. The summed E-state index contributed by atoms with van der Waals surface area (Å²) in [5.74, 6) is 1.63. The molecule has 0 aliphatic carbocycles. The van der Waals surface area contributed by atoms with E-state index in [9.17, 15) is 9.59 Å². The van der Waals surface area contributed by atoms with Gasteiger partial charge in [0, 0.05) is 37.0 Å². The number of aromatic amines is 1. The van der Waals surface area contributed by atoms with Crippen molar-refractivity contribution in [1.29, 1.82) is 0 Å². The summed E-state index contributed by atoms with van der Waals surface area (Å²) < 4.78 is 16.4. The molecule has 0 spiro atoms. The summed E-state index contributed by atoms with van der Waals surface area (Å²) in [6.07, 6.45) is 4.61. The smallest absolute Gasteiger partial charge is 0.270 e. The van der Waals surface area contributed by atoms with Crippen LogP contribution in [0.3, 0.4) is 0 Å². The van der Waals surface area contributed by atoms with Crippen molar-refractivity contribution in [3.8, 4) is 17.2 Å². The Morgan fingerprint density at radius 1 is 1.06 bits per heavy atom. The molecule has 170 valence electrons. The lowest BCUT2D eigenvalue weighted by molar-refractivity contribution is -0.126. The molecule has 1 aromatic carbocycles. The number of nitrogens with one attached hydrogen (secondary N) is 2. The number of likely N-dealkylation sites (tertiary alicyclic amines) is 1. The molecule has 3 rings (SSSR count). The Hall–Kier alpha value is -2.90. The van der Waals surface area contributed by atoms with Crippen LogP contribution in [0.25, 0.3) is 10.9 Å². The summed E-state index contributed by atoms with van der Waals surface area (Å²) in [6.45, 7) is 3.98. The standard InChI is InChI=1S/C23H33N3O5/c1-5-6-7-10-24-22(27)15-8-11-26(12-9-15)23(28)17-13-16-18(29-2)14-19(30-3)21(31-4)20(16)25-17/h13-15,25H,5-12H2,1-4H3,(H,24,27). The molecule has 0 bridgehead atoms. The zero-order chi connectivity index (χ0) is 22.4. The topological polar surface area (TPSA) is 92.9 Å². The second kappa shape index (κ2) is 10.4. The number of hydrogen-bond acceptors (Lipinski definition) is 5. The van der Waals surface area contributed by atoms with Gasteiger partial charge in [0.25, 0.3) is 5.91 Å². The third kappa shape index (κ3) is 4.89. The summed E-state index contributed by atoms with van der Waals surface area (Å²) in [5, 5.41) is 3.78. The van der Waals surface area contributed by atoms with Crippen molar-refractivity contribution in [2.45, 2.75) is 39.0 Å². The Kier molecular flexibility index (Phi) is 7.65. The van der Waals surface area contributed by atoms with Crippen LogP contribution >= 0.6 is 0 Å². The van der Waals surface area contributed by atoms with Crippen LogP contribution in [0.1, 0.15) is 49.5 Å². The first kappa shape index (κ1) is 22.8. The van der Waals surface area contributed by atoms with E-state index in [0.717, 1.165) is 31.2 Å². The van der Waals surface area contributed by atoms with Crippen molar-refractivity contribution >= 4 is 22.7 Å². The Bertz CT molecular complexity index is 916. The molecule has 1 fully saturated rings. The van der Waals surface area contributed by atoms with Gasteiger partial charge in [-0.2, -0.15) is 0 Å². The number of aromatic nitrogens is 1. The maximum Gasteiger partial charge on any atom is 0.270 e. The maximum absolute atomic E-state index is 13.1. The van der Waals surface area contributed by atoms with Crippen molar-refractivity contribution < 1.29 is 23.8 Å². The molecule has 2 heterocycles. The molecule has 1 aliphatic heterocycles. The number of rotatable bonds is 9. The van der Waals surface area contributed by atoms with Crippen molar-refractivity contribution in [2.24, 2.45) is 5.92 Å². The Morgan fingerprint density at radius 2 is 1.77 bits per heavy atom. The van der Waals surface area contributed by atoms with Crippen LogP contribution in [0.15, 0.2) is 12.1 Å². The number of amides is 2. The summed E-state index contributed by atoms with van der Waals surface area (Å²) in [6, 6.07) is 3.53. The first-order valence-corrected chi connectivity index (χ1v) is 10.9. The number of carbonyl (C=O) groups is 2.